The fourth-order valence-electron chi connectivity index (χ4n) is 1.87. The van der Waals surface area contributed by atoms with Crippen molar-refractivity contribution in [1.82, 2.24) is 9.78 Å². The summed E-state index contributed by atoms with van der Waals surface area (Å²) < 4.78 is 1.59. The summed E-state index contributed by atoms with van der Waals surface area (Å²) in [4.78, 5) is 10.3. The Balaban J connectivity index is 2.40. The van der Waals surface area contributed by atoms with Crippen LogP contribution >= 0.6 is 0 Å². The molecule has 0 radical (unpaired) electrons. The van der Waals surface area contributed by atoms with E-state index in [-0.39, 0.29) is 17.5 Å². The first kappa shape index (κ1) is 9.95. The van der Waals surface area contributed by atoms with Gasteiger partial charge in [-0.25, -0.2) is 4.68 Å². The van der Waals surface area contributed by atoms with E-state index in [0.717, 1.165) is 12.8 Å². The van der Waals surface area contributed by atoms with Crippen molar-refractivity contribution in [3.63, 3.8) is 0 Å². The number of aromatic nitrogens is 2. The molecule has 0 aliphatic heterocycles. The molecule has 2 N–H and O–H groups in total. The van der Waals surface area contributed by atoms with E-state index in [0.29, 0.717) is 11.6 Å². The molecule has 6 nitrogen and oxygen atoms in total. The second-order valence-corrected chi connectivity index (χ2v) is 4.10. The van der Waals surface area contributed by atoms with Crippen LogP contribution in [0.15, 0.2) is 0 Å². The molecule has 0 saturated heterocycles. The Labute approximate surface area is 87.2 Å². The van der Waals surface area contributed by atoms with Crippen molar-refractivity contribution in [2.45, 2.75) is 32.7 Å². The Kier molecular flexibility index (Phi) is 2.13. The minimum Gasteiger partial charge on any atom is -0.378 e. The zero-order valence-corrected chi connectivity index (χ0v) is 8.80. The molecule has 1 aromatic rings. The maximum Gasteiger partial charge on any atom is 0.333 e. The molecule has 0 aromatic carbocycles. The van der Waals surface area contributed by atoms with E-state index < -0.39 is 4.92 Å². The van der Waals surface area contributed by atoms with Gasteiger partial charge >= 0.3 is 5.69 Å². The molecule has 1 fully saturated rings. The molecule has 0 amide bonds. The summed E-state index contributed by atoms with van der Waals surface area (Å²) in [6.45, 7) is 3.62. The Hall–Kier alpha value is -1.59. The van der Waals surface area contributed by atoms with Crippen molar-refractivity contribution in [3.8, 4) is 0 Å². The van der Waals surface area contributed by atoms with Gasteiger partial charge in [-0.15, -0.1) is 0 Å². The van der Waals surface area contributed by atoms with Gasteiger partial charge in [0.25, 0.3) is 0 Å². The monoisotopic (exact) mass is 210 g/mol. The van der Waals surface area contributed by atoms with Gasteiger partial charge in [-0.05, 0) is 32.6 Å². The summed E-state index contributed by atoms with van der Waals surface area (Å²) in [5.74, 6) is 0.753. The molecule has 82 valence electrons. The van der Waals surface area contributed by atoms with Crippen molar-refractivity contribution in [2.75, 3.05) is 5.73 Å². The first-order chi connectivity index (χ1) is 7.02. The smallest absolute Gasteiger partial charge is 0.333 e. The second kappa shape index (κ2) is 3.22. The third-order valence-corrected chi connectivity index (χ3v) is 2.96. The number of nitrogens with zero attached hydrogens (tertiary/aromatic N) is 3. The molecule has 1 unspecified atom stereocenters. The minimum atomic E-state index is -0.464. The lowest BCUT2D eigenvalue weighted by atomic mass is 10.2. The molecule has 1 atom stereocenters. The lowest BCUT2D eigenvalue weighted by Crippen LogP contribution is -2.12. The molecular weight excluding hydrogens is 196 g/mol. The van der Waals surface area contributed by atoms with Gasteiger partial charge in [-0.2, -0.15) is 5.10 Å². The predicted octanol–water partition coefficient (Wildman–Crippen LogP) is 1.65. The van der Waals surface area contributed by atoms with Crippen molar-refractivity contribution in [3.05, 3.63) is 15.8 Å². The number of nitrogens with two attached hydrogens (primary N) is 1. The lowest BCUT2D eigenvalue weighted by molar-refractivity contribution is -0.384. The van der Waals surface area contributed by atoms with E-state index in [1.807, 2.05) is 6.92 Å². The average Bonchev–Trinajstić information content (AvgIpc) is 2.91. The van der Waals surface area contributed by atoms with Crippen molar-refractivity contribution in [1.29, 1.82) is 0 Å². The van der Waals surface area contributed by atoms with Crippen LogP contribution in [-0.2, 0) is 0 Å². The maximum atomic E-state index is 10.7. The first-order valence-corrected chi connectivity index (χ1v) is 5.01. The number of nitrogen functional groups attached to an aromatic ring is 1. The van der Waals surface area contributed by atoms with E-state index >= 15 is 0 Å². The zero-order valence-electron chi connectivity index (χ0n) is 8.80. The molecule has 1 saturated carbocycles. The van der Waals surface area contributed by atoms with Crippen LogP contribution in [0.2, 0.25) is 0 Å². The largest absolute Gasteiger partial charge is 0.378 e. The standard InChI is InChI=1S/C9H14N4O2/c1-5-8(13(14)15)9(10)12(11-5)6(2)7-3-4-7/h6-7H,3-4,10H2,1-2H3. The molecule has 2 rings (SSSR count). The normalized spacial score (nSPS) is 17.7. The van der Waals surface area contributed by atoms with Gasteiger partial charge in [0.1, 0.15) is 5.69 Å². The molecule has 15 heavy (non-hydrogen) atoms. The molecule has 1 aromatic heterocycles. The van der Waals surface area contributed by atoms with Crippen molar-refractivity contribution >= 4 is 11.5 Å². The van der Waals surface area contributed by atoms with Gasteiger partial charge in [0.15, 0.2) is 0 Å². The van der Waals surface area contributed by atoms with Gasteiger partial charge in [-0.1, -0.05) is 0 Å². The van der Waals surface area contributed by atoms with Crippen molar-refractivity contribution < 1.29 is 4.92 Å². The molecule has 0 bridgehead atoms. The van der Waals surface area contributed by atoms with Gasteiger partial charge in [-0.3, -0.25) is 10.1 Å². The topological polar surface area (TPSA) is 87.0 Å². The Morgan fingerprint density at radius 2 is 2.27 bits per heavy atom. The van der Waals surface area contributed by atoms with Crippen LogP contribution < -0.4 is 5.73 Å². The number of nitro groups is 1. The Morgan fingerprint density at radius 3 is 2.67 bits per heavy atom. The highest BCUT2D eigenvalue weighted by Crippen LogP contribution is 2.41. The van der Waals surface area contributed by atoms with E-state index in [2.05, 4.69) is 5.10 Å². The molecule has 1 aliphatic carbocycles. The lowest BCUT2D eigenvalue weighted by Gasteiger charge is -2.11. The summed E-state index contributed by atoms with van der Waals surface area (Å²) in [7, 11) is 0. The van der Waals surface area contributed by atoms with E-state index in [1.54, 1.807) is 11.6 Å². The number of aryl methyl sites for hydroxylation is 1. The summed E-state index contributed by atoms with van der Waals surface area (Å²) in [5.41, 5.74) is 6.07. The Bertz CT molecular complexity index is 408. The van der Waals surface area contributed by atoms with Gasteiger partial charge in [0, 0.05) is 0 Å². The first-order valence-electron chi connectivity index (χ1n) is 5.01. The summed E-state index contributed by atoms with van der Waals surface area (Å²) >= 11 is 0. The minimum absolute atomic E-state index is 0.0532. The van der Waals surface area contributed by atoms with Crippen LogP contribution in [-0.4, -0.2) is 14.7 Å². The van der Waals surface area contributed by atoms with Crippen LogP contribution in [0.4, 0.5) is 11.5 Å². The van der Waals surface area contributed by atoms with Crippen LogP contribution in [0.3, 0.4) is 0 Å². The molecule has 1 aliphatic rings. The predicted molar refractivity (Wildman–Crippen MR) is 55.5 cm³/mol. The third kappa shape index (κ3) is 1.55. The SMILES string of the molecule is Cc1nn(C(C)C2CC2)c(N)c1[N+](=O)[O-]. The highest BCUT2D eigenvalue weighted by atomic mass is 16.6. The number of rotatable bonds is 3. The highest BCUT2D eigenvalue weighted by Gasteiger charge is 2.33. The molecule has 1 heterocycles. The fourth-order valence-corrected chi connectivity index (χ4v) is 1.87. The summed E-state index contributed by atoms with van der Waals surface area (Å²) in [6.07, 6.45) is 2.32. The van der Waals surface area contributed by atoms with Gasteiger partial charge in [0.2, 0.25) is 5.82 Å². The summed E-state index contributed by atoms with van der Waals surface area (Å²) in [6, 6.07) is 0.164. The van der Waals surface area contributed by atoms with Crippen LogP contribution in [0.5, 0.6) is 0 Å². The zero-order chi connectivity index (χ0) is 11.2. The summed E-state index contributed by atoms with van der Waals surface area (Å²) in [5, 5.41) is 14.9. The van der Waals surface area contributed by atoms with Crippen molar-refractivity contribution in [2.24, 2.45) is 5.92 Å². The molecule has 0 spiro atoms. The second-order valence-electron chi connectivity index (χ2n) is 4.10. The molecule has 6 heteroatoms. The number of anilines is 1. The van der Waals surface area contributed by atoms with E-state index in [4.69, 9.17) is 5.73 Å². The average molecular weight is 210 g/mol. The van der Waals surface area contributed by atoms with E-state index in [9.17, 15) is 10.1 Å². The Morgan fingerprint density at radius 1 is 1.67 bits per heavy atom. The number of hydrogen-bond acceptors (Lipinski definition) is 4. The van der Waals surface area contributed by atoms with E-state index in [1.165, 1.54) is 0 Å². The maximum absolute atomic E-state index is 10.7. The van der Waals surface area contributed by atoms with Gasteiger partial charge in [0.05, 0.1) is 11.0 Å². The highest BCUT2D eigenvalue weighted by molar-refractivity contribution is 5.56. The van der Waals surface area contributed by atoms with Crippen LogP contribution in [0, 0.1) is 23.0 Å². The van der Waals surface area contributed by atoms with Crippen LogP contribution in [0.1, 0.15) is 31.5 Å². The van der Waals surface area contributed by atoms with Crippen LogP contribution in [0.25, 0.3) is 0 Å². The number of hydrogen-bond donors (Lipinski definition) is 1. The third-order valence-electron chi connectivity index (χ3n) is 2.96. The quantitative estimate of drug-likeness (QED) is 0.607. The molecular formula is C9H14N4O2. The fraction of sp³-hybridized carbons (Fsp3) is 0.667. The van der Waals surface area contributed by atoms with Gasteiger partial charge < -0.3 is 5.73 Å².